The summed E-state index contributed by atoms with van der Waals surface area (Å²) in [6.45, 7) is 2.23. The Morgan fingerprint density at radius 3 is 2.60 bits per heavy atom. The summed E-state index contributed by atoms with van der Waals surface area (Å²) < 4.78 is 7.51. The molecular weight excluding hydrogens is 386 g/mol. The lowest BCUT2D eigenvalue weighted by Gasteiger charge is -2.49. The second kappa shape index (κ2) is 5.95. The van der Waals surface area contributed by atoms with Crippen molar-refractivity contribution in [2.45, 2.75) is 31.4 Å². The van der Waals surface area contributed by atoms with Crippen LogP contribution in [0.2, 0.25) is 0 Å². The lowest BCUT2D eigenvalue weighted by Crippen LogP contribution is -2.58. The lowest BCUT2D eigenvalue weighted by atomic mass is 9.78. The molecule has 3 aliphatic heterocycles. The van der Waals surface area contributed by atoms with Gasteiger partial charge in [0.05, 0.1) is 17.7 Å². The van der Waals surface area contributed by atoms with Crippen LogP contribution >= 0.6 is 31.9 Å². The van der Waals surface area contributed by atoms with Crippen LogP contribution < -0.4 is 4.74 Å². The second-order valence-electron chi connectivity index (χ2n) is 5.72. The van der Waals surface area contributed by atoms with Gasteiger partial charge in [0.2, 0.25) is 0 Å². The highest BCUT2D eigenvalue weighted by Gasteiger charge is 2.41. The van der Waals surface area contributed by atoms with E-state index in [9.17, 15) is 5.11 Å². The van der Waals surface area contributed by atoms with Crippen molar-refractivity contribution in [2.24, 2.45) is 5.92 Å². The van der Waals surface area contributed by atoms with Gasteiger partial charge in [-0.1, -0.05) is 15.9 Å². The number of hydrogen-bond donors (Lipinski definition) is 1. The molecule has 0 saturated carbocycles. The number of fused-ring (bicyclic) bond motifs is 3. The van der Waals surface area contributed by atoms with E-state index in [0.29, 0.717) is 5.92 Å². The van der Waals surface area contributed by atoms with Crippen LogP contribution in [0.3, 0.4) is 0 Å². The van der Waals surface area contributed by atoms with Gasteiger partial charge < -0.3 is 9.84 Å². The zero-order chi connectivity index (χ0) is 14.3. The predicted molar refractivity (Wildman–Crippen MR) is 86.2 cm³/mol. The number of hydrogen-bond acceptors (Lipinski definition) is 3. The van der Waals surface area contributed by atoms with Crippen LogP contribution in [0, 0.1) is 5.92 Å². The first-order valence-corrected chi connectivity index (χ1v) is 8.62. The highest BCUT2D eigenvalue weighted by molar-refractivity contribution is 9.11. The SMILES string of the molecule is COc1c(Br)cc(Br)cc1CC1C(O)C2CCN1CC2. The quantitative estimate of drug-likeness (QED) is 0.839. The third-order valence-electron chi connectivity index (χ3n) is 4.64. The van der Waals surface area contributed by atoms with Crippen LogP contribution in [0.1, 0.15) is 18.4 Å². The second-order valence-corrected chi connectivity index (χ2v) is 7.49. The van der Waals surface area contributed by atoms with Gasteiger partial charge in [-0.25, -0.2) is 0 Å². The fraction of sp³-hybridized carbons (Fsp3) is 0.600. The third-order valence-corrected chi connectivity index (χ3v) is 5.69. The number of rotatable bonds is 3. The predicted octanol–water partition coefficient (Wildman–Crippen LogP) is 3.22. The molecule has 5 heteroatoms. The molecule has 3 aliphatic rings. The Kier molecular flexibility index (Phi) is 4.41. The number of aliphatic hydroxyl groups excluding tert-OH is 1. The van der Waals surface area contributed by atoms with E-state index in [1.807, 2.05) is 6.07 Å². The molecule has 2 atom stereocenters. The summed E-state index contributed by atoms with van der Waals surface area (Å²) in [7, 11) is 1.70. The number of aliphatic hydroxyl groups is 1. The van der Waals surface area contributed by atoms with Crippen molar-refractivity contribution in [1.82, 2.24) is 4.90 Å². The van der Waals surface area contributed by atoms with Gasteiger partial charge in [0.1, 0.15) is 5.75 Å². The first kappa shape index (κ1) is 14.8. The highest BCUT2D eigenvalue weighted by Crippen LogP contribution is 2.38. The Balaban J connectivity index is 1.87. The van der Waals surface area contributed by atoms with Crippen LogP contribution in [-0.2, 0) is 6.42 Å². The number of piperidine rings is 3. The third kappa shape index (κ3) is 2.65. The molecule has 3 heterocycles. The molecule has 2 unspecified atom stereocenters. The summed E-state index contributed by atoms with van der Waals surface area (Å²) in [5, 5.41) is 10.5. The number of nitrogens with zero attached hydrogens (tertiary/aromatic N) is 1. The van der Waals surface area contributed by atoms with Crippen molar-refractivity contribution < 1.29 is 9.84 Å². The Morgan fingerprint density at radius 1 is 1.30 bits per heavy atom. The van der Waals surface area contributed by atoms with E-state index < -0.39 is 0 Å². The van der Waals surface area contributed by atoms with Crippen molar-refractivity contribution in [3.63, 3.8) is 0 Å². The van der Waals surface area contributed by atoms with Gasteiger partial charge in [-0.3, -0.25) is 4.90 Å². The van der Waals surface area contributed by atoms with Crippen molar-refractivity contribution in [3.05, 3.63) is 26.6 Å². The van der Waals surface area contributed by atoms with E-state index in [0.717, 1.165) is 52.6 Å². The number of halogens is 2. The van der Waals surface area contributed by atoms with E-state index in [1.54, 1.807) is 7.11 Å². The highest BCUT2D eigenvalue weighted by atomic mass is 79.9. The van der Waals surface area contributed by atoms with Crippen LogP contribution in [0.5, 0.6) is 5.75 Å². The number of benzene rings is 1. The maximum atomic E-state index is 10.5. The Bertz CT molecular complexity index is 499. The zero-order valence-electron chi connectivity index (χ0n) is 11.5. The largest absolute Gasteiger partial charge is 0.495 e. The van der Waals surface area contributed by atoms with E-state index >= 15 is 0 Å². The molecule has 0 aromatic heterocycles. The molecule has 0 aliphatic carbocycles. The first-order valence-electron chi connectivity index (χ1n) is 7.04. The fourth-order valence-electron chi connectivity index (χ4n) is 3.59. The molecule has 0 radical (unpaired) electrons. The summed E-state index contributed by atoms with van der Waals surface area (Å²) in [5.41, 5.74) is 1.14. The molecule has 0 amide bonds. The Labute approximate surface area is 136 Å². The summed E-state index contributed by atoms with van der Waals surface area (Å²) in [6, 6.07) is 4.31. The minimum Gasteiger partial charge on any atom is -0.495 e. The van der Waals surface area contributed by atoms with E-state index in [4.69, 9.17) is 4.74 Å². The summed E-state index contributed by atoms with van der Waals surface area (Å²) in [5.74, 6) is 1.36. The minimum atomic E-state index is -0.208. The van der Waals surface area contributed by atoms with Gasteiger partial charge in [-0.2, -0.15) is 0 Å². The van der Waals surface area contributed by atoms with Gasteiger partial charge in [0, 0.05) is 10.5 Å². The standard InChI is InChI=1S/C15H19Br2NO2/c1-20-15-10(6-11(16)8-12(15)17)7-13-14(19)9-2-4-18(13)5-3-9/h6,8-9,13-14,19H,2-5,7H2,1H3. The topological polar surface area (TPSA) is 32.7 Å². The van der Waals surface area contributed by atoms with Crippen molar-refractivity contribution in [2.75, 3.05) is 20.2 Å². The van der Waals surface area contributed by atoms with Gasteiger partial charge in [-0.15, -0.1) is 0 Å². The smallest absolute Gasteiger partial charge is 0.136 e. The molecular formula is C15H19Br2NO2. The average molecular weight is 405 g/mol. The van der Waals surface area contributed by atoms with Crippen LogP contribution in [0.25, 0.3) is 0 Å². The molecule has 1 N–H and O–H groups in total. The number of methoxy groups -OCH3 is 1. The van der Waals surface area contributed by atoms with Crippen molar-refractivity contribution >= 4 is 31.9 Å². The van der Waals surface area contributed by atoms with Crippen LogP contribution in [0.15, 0.2) is 21.1 Å². The molecule has 1 aromatic carbocycles. The monoisotopic (exact) mass is 403 g/mol. The Morgan fingerprint density at radius 2 is 2.00 bits per heavy atom. The van der Waals surface area contributed by atoms with Crippen LogP contribution in [0.4, 0.5) is 0 Å². The molecule has 3 nitrogen and oxygen atoms in total. The lowest BCUT2D eigenvalue weighted by molar-refractivity contribution is -0.0716. The summed E-state index contributed by atoms with van der Waals surface area (Å²) in [6.07, 6.45) is 2.90. The molecule has 3 saturated heterocycles. The van der Waals surface area contributed by atoms with Gasteiger partial charge in [0.15, 0.2) is 0 Å². The maximum absolute atomic E-state index is 10.5. The minimum absolute atomic E-state index is 0.208. The van der Waals surface area contributed by atoms with E-state index in [1.165, 1.54) is 0 Å². The van der Waals surface area contributed by atoms with E-state index in [-0.39, 0.29) is 12.1 Å². The summed E-state index contributed by atoms with van der Waals surface area (Å²) >= 11 is 7.08. The molecule has 3 fully saturated rings. The van der Waals surface area contributed by atoms with E-state index in [2.05, 4.69) is 42.8 Å². The van der Waals surface area contributed by atoms with Gasteiger partial charge >= 0.3 is 0 Å². The van der Waals surface area contributed by atoms with Crippen molar-refractivity contribution in [3.8, 4) is 5.75 Å². The molecule has 0 spiro atoms. The van der Waals surface area contributed by atoms with Crippen molar-refractivity contribution in [1.29, 1.82) is 0 Å². The van der Waals surface area contributed by atoms with Gasteiger partial charge in [-0.05, 0) is 71.9 Å². The van der Waals surface area contributed by atoms with Gasteiger partial charge in [0.25, 0.3) is 0 Å². The summed E-state index contributed by atoms with van der Waals surface area (Å²) in [4.78, 5) is 2.43. The molecule has 20 heavy (non-hydrogen) atoms. The Hall–Kier alpha value is -0.100. The normalized spacial score (nSPS) is 32.4. The fourth-order valence-corrected chi connectivity index (χ4v) is 5.07. The number of ether oxygens (including phenoxy) is 1. The molecule has 110 valence electrons. The maximum Gasteiger partial charge on any atom is 0.136 e. The first-order chi connectivity index (χ1) is 9.60. The van der Waals surface area contributed by atoms with Crippen LogP contribution in [-0.4, -0.2) is 42.4 Å². The molecule has 4 rings (SSSR count). The average Bonchev–Trinajstić information content (AvgIpc) is 2.43. The molecule has 1 aromatic rings. The zero-order valence-corrected chi connectivity index (χ0v) is 14.7. The molecule has 2 bridgehead atoms.